The van der Waals surface area contributed by atoms with Crippen LogP contribution in [0.4, 0.5) is 0 Å². The molecule has 1 unspecified atom stereocenters. The minimum atomic E-state index is -2.99. The number of nitrogens with one attached hydrogen (secondary N) is 1. The van der Waals surface area contributed by atoms with Gasteiger partial charge in [-0.15, -0.1) is 0 Å². The molecule has 0 saturated carbocycles. The lowest BCUT2D eigenvalue weighted by atomic mass is 10.2. The minimum Gasteiger partial charge on any atom is -0.350 e. The first-order valence-electron chi connectivity index (χ1n) is 8.25. The van der Waals surface area contributed by atoms with Crippen LogP contribution in [-0.4, -0.2) is 80.4 Å². The summed E-state index contributed by atoms with van der Waals surface area (Å²) in [5.41, 5.74) is 0.455. The Morgan fingerprint density at radius 2 is 2.27 bits per heavy atom. The summed E-state index contributed by atoms with van der Waals surface area (Å²) in [6.45, 7) is 1.37. The number of H-pyrrole nitrogens is 1. The van der Waals surface area contributed by atoms with Gasteiger partial charge >= 0.3 is 0 Å². The van der Waals surface area contributed by atoms with Crippen molar-refractivity contribution in [2.24, 2.45) is 0 Å². The van der Waals surface area contributed by atoms with Crippen LogP contribution in [-0.2, 0) is 21.1 Å². The SMILES string of the molecule is CCN1C[C@@H](COP(O)(=S)N(C)C)O[C@@H](n2cnc3c(=O)[nH]cnc32)C1. The summed E-state index contributed by atoms with van der Waals surface area (Å²) in [7, 11) is 3.37. The van der Waals surface area contributed by atoms with Crippen LogP contribution in [0, 0.1) is 0 Å². The highest BCUT2D eigenvalue weighted by Crippen LogP contribution is 2.44. The lowest BCUT2D eigenvalue weighted by Crippen LogP contribution is -2.47. The van der Waals surface area contributed by atoms with Gasteiger partial charge in [0.1, 0.15) is 6.23 Å². The van der Waals surface area contributed by atoms with E-state index < -0.39 is 6.64 Å². The molecule has 10 nitrogen and oxygen atoms in total. The summed E-state index contributed by atoms with van der Waals surface area (Å²) in [6, 6.07) is 0. The number of likely N-dealkylation sites (N-methyl/N-ethyl adjacent to an activating group) is 1. The molecule has 0 spiro atoms. The molecular weight excluding hydrogens is 379 g/mol. The molecule has 0 aromatic carbocycles. The van der Waals surface area contributed by atoms with Crippen LogP contribution in [0.1, 0.15) is 13.2 Å². The summed E-state index contributed by atoms with van der Waals surface area (Å²) in [5.74, 6) is 0. The van der Waals surface area contributed by atoms with E-state index in [1.807, 2.05) is 0 Å². The van der Waals surface area contributed by atoms with Gasteiger partial charge in [-0.1, -0.05) is 6.92 Å². The number of rotatable bonds is 6. The second-order valence-electron chi connectivity index (χ2n) is 6.25. The second kappa shape index (κ2) is 7.81. The number of nitrogens with zero attached hydrogens (tertiary/aromatic N) is 5. The third kappa shape index (κ3) is 4.04. The van der Waals surface area contributed by atoms with Crippen molar-refractivity contribution in [2.45, 2.75) is 19.3 Å². The normalized spacial score (nSPS) is 24.2. The van der Waals surface area contributed by atoms with E-state index in [2.05, 4.69) is 26.8 Å². The molecule has 0 aliphatic carbocycles. The van der Waals surface area contributed by atoms with Gasteiger partial charge in [0.05, 0.1) is 25.4 Å². The van der Waals surface area contributed by atoms with E-state index in [0.29, 0.717) is 18.7 Å². The van der Waals surface area contributed by atoms with Crippen molar-refractivity contribution in [1.29, 1.82) is 0 Å². The highest BCUT2D eigenvalue weighted by atomic mass is 32.5. The van der Waals surface area contributed by atoms with E-state index >= 15 is 0 Å². The van der Waals surface area contributed by atoms with Crippen molar-refractivity contribution in [3.63, 3.8) is 0 Å². The topological polar surface area (TPSA) is 109 Å². The van der Waals surface area contributed by atoms with Crippen molar-refractivity contribution < 1.29 is 14.2 Å². The van der Waals surface area contributed by atoms with Gasteiger partial charge in [0.15, 0.2) is 11.2 Å². The van der Waals surface area contributed by atoms with E-state index in [9.17, 15) is 9.69 Å². The molecule has 1 aliphatic heterocycles. The van der Waals surface area contributed by atoms with Gasteiger partial charge in [-0.2, -0.15) is 0 Å². The molecule has 2 aromatic rings. The fourth-order valence-electron chi connectivity index (χ4n) is 2.76. The number of ether oxygens (including phenoxy) is 1. The van der Waals surface area contributed by atoms with Gasteiger partial charge < -0.3 is 19.1 Å². The fourth-order valence-corrected chi connectivity index (χ4v) is 3.54. The van der Waals surface area contributed by atoms with Crippen LogP contribution in [0.15, 0.2) is 17.4 Å². The maximum atomic E-state index is 11.9. The molecule has 0 amide bonds. The molecule has 1 saturated heterocycles. The monoisotopic (exact) mass is 402 g/mol. The largest absolute Gasteiger partial charge is 0.350 e. The molecule has 26 heavy (non-hydrogen) atoms. The zero-order valence-electron chi connectivity index (χ0n) is 14.9. The standard InChI is InChI=1S/C14H23N6O4PS/c1-4-19-5-10(7-23-25(22,26)18(2)3)24-11(6-19)20-9-17-12-13(20)15-8-16-14(12)21/h8-11H,4-7H2,1-3H3,(H,22,26)(H,15,16,21)/t10-,11+,25?/m0/s1. The smallest absolute Gasteiger partial charge is 0.278 e. The molecule has 2 aromatic heterocycles. The molecule has 3 rings (SSSR count). The second-order valence-corrected chi connectivity index (χ2v) is 9.72. The average Bonchev–Trinajstić information content (AvgIpc) is 3.05. The molecule has 0 bridgehead atoms. The first-order chi connectivity index (χ1) is 12.3. The maximum absolute atomic E-state index is 11.9. The average molecular weight is 402 g/mol. The molecule has 144 valence electrons. The van der Waals surface area contributed by atoms with Crippen LogP contribution in [0.25, 0.3) is 11.2 Å². The van der Waals surface area contributed by atoms with Gasteiger partial charge in [-0.25, -0.2) is 14.6 Å². The van der Waals surface area contributed by atoms with Crippen molar-refractivity contribution in [3.8, 4) is 0 Å². The van der Waals surface area contributed by atoms with E-state index in [1.165, 1.54) is 11.0 Å². The highest BCUT2D eigenvalue weighted by molar-refractivity contribution is 8.08. The predicted molar refractivity (Wildman–Crippen MR) is 100 cm³/mol. The Morgan fingerprint density at radius 3 is 2.96 bits per heavy atom. The summed E-state index contributed by atoms with van der Waals surface area (Å²) in [6.07, 6.45) is 2.27. The molecule has 1 aliphatic rings. The van der Waals surface area contributed by atoms with Crippen LogP contribution < -0.4 is 5.56 Å². The number of morpholine rings is 1. The first-order valence-corrected chi connectivity index (χ1v) is 10.9. The van der Waals surface area contributed by atoms with Crippen molar-refractivity contribution >= 4 is 29.6 Å². The number of imidazole rings is 1. The molecular formula is C14H23N6O4PS. The van der Waals surface area contributed by atoms with Crippen molar-refractivity contribution in [2.75, 3.05) is 40.3 Å². The predicted octanol–water partition coefficient (Wildman–Crippen LogP) is 0.134. The zero-order chi connectivity index (χ0) is 18.9. The summed E-state index contributed by atoms with van der Waals surface area (Å²) in [4.78, 5) is 35.1. The van der Waals surface area contributed by atoms with Gasteiger partial charge in [-0.05, 0) is 32.4 Å². The van der Waals surface area contributed by atoms with Gasteiger partial charge in [0.25, 0.3) is 12.2 Å². The quantitative estimate of drug-likeness (QED) is 0.652. The zero-order valence-corrected chi connectivity index (χ0v) is 16.6. The van der Waals surface area contributed by atoms with E-state index in [1.54, 1.807) is 25.0 Å². The van der Waals surface area contributed by atoms with Crippen LogP contribution in [0.3, 0.4) is 0 Å². The van der Waals surface area contributed by atoms with Crippen LogP contribution in [0.5, 0.6) is 0 Å². The third-order valence-corrected chi connectivity index (χ3v) is 7.07. The first kappa shape index (κ1) is 19.6. The Balaban J connectivity index is 1.80. The third-order valence-electron chi connectivity index (χ3n) is 4.28. The van der Waals surface area contributed by atoms with Gasteiger partial charge in [0, 0.05) is 13.1 Å². The number of hydrogen-bond donors (Lipinski definition) is 2. The Bertz CT molecular complexity index is 870. The number of aromatic amines is 1. The summed E-state index contributed by atoms with van der Waals surface area (Å²) < 4.78 is 15.0. The number of aromatic nitrogens is 4. The summed E-state index contributed by atoms with van der Waals surface area (Å²) >= 11 is 5.12. The van der Waals surface area contributed by atoms with Crippen molar-refractivity contribution in [1.82, 2.24) is 29.1 Å². The van der Waals surface area contributed by atoms with Crippen molar-refractivity contribution in [3.05, 3.63) is 23.0 Å². The Hall–Kier alpha value is -1.20. The summed E-state index contributed by atoms with van der Waals surface area (Å²) in [5, 5.41) is 0. The number of hydrogen-bond acceptors (Lipinski definition) is 7. The lowest BCUT2D eigenvalue weighted by molar-refractivity contribution is -0.129. The molecule has 0 radical (unpaired) electrons. The van der Waals surface area contributed by atoms with Gasteiger partial charge in [-0.3, -0.25) is 14.3 Å². The van der Waals surface area contributed by atoms with E-state index in [-0.39, 0.29) is 30.0 Å². The maximum Gasteiger partial charge on any atom is 0.278 e. The fraction of sp³-hybridized carbons (Fsp3) is 0.643. The Morgan fingerprint density at radius 1 is 1.50 bits per heavy atom. The molecule has 12 heteroatoms. The highest BCUT2D eigenvalue weighted by Gasteiger charge is 2.31. The Labute approximate surface area is 156 Å². The molecule has 3 atom stereocenters. The lowest BCUT2D eigenvalue weighted by Gasteiger charge is -2.38. The molecule has 3 heterocycles. The van der Waals surface area contributed by atoms with E-state index in [0.717, 1.165) is 6.54 Å². The van der Waals surface area contributed by atoms with E-state index in [4.69, 9.17) is 21.1 Å². The molecule has 1 fully saturated rings. The Kier molecular flexibility index (Phi) is 5.88. The van der Waals surface area contributed by atoms with Crippen LogP contribution >= 0.6 is 6.64 Å². The number of fused-ring (bicyclic) bond motifs is 1. The van der Waals surface area contributed by atoms with Gasteiger partial charge in [0.2, 0.25) is 0 Å². The minimum absolute atomic E-state index is 0.180. The molecule has 2 N–H and O–H groups in total. The van der Waals surface area contributed by atoms with Crippen LogP contribution in [0.2, 0.25) is 0 Å².